The first kappa shape index (κ1) is 23.0. The number of aryl methyl sites for hydroxylation is 1. The minimum atomic E-state index is -4.45. The number of amides is 1. The van der Waals surface area contributed by atoms with E-state index in [-0.39, 0.29) is 18.4 Å². The van der Waals surface area contributed by atoms with E-state index in [1.807, 2.05) is 13.0 Å². The predicted octanol–water partition coefficient (Wildman–Crippen LogP) is 4.61. The van der Waals surface area contributed by atoms with E-state index < -0.39 is 11.7 Å². The summed E-state index contributed by atoms with van der Waals surface area (Å²) in [5.74, 6) is 0.483. The maximum atomic E-state index is 13.5. The maximum absolute atomic E-state index is 13.5. The second-order valence-corrected chi connectivity index (χ2v) is 8.38. The number of pyridine rings is 2. The number of fused-ring (bicyclic) bond motifs is 1. The number of hydrogen-bond acceptors (Lipinski definition) is 5. The fourth-order valence-electron chi connectivity index (χ4n) is 3.95. The molecule has 3 heterocycles. The Morgan fingerprint density at radius 2 is 1.94 bits per heavy atom. The number of hydrogen-bond donors (Lipinski definition) is 1. The molecule has 1 fully saturated rings. The molecule has 2 aromatic heterocycles. The number of aromatic nitrogens is 2. The Morgan fingerprint density at radius 3 is 2.61 bits per heavy atom. The van der Waals surface area contributed by atoms with Crippen LogP contribution < -0.4 is 5.73 Å². The number of anilines is 1. The molecular formula is C24H25F3N4O2. The van der Waals surface area contributed by atoms with Gasteiger partial charge in [0.2, 0.25) is 0 Å². The molecule has 0 saturated carbocycles. The third-order valence-electron chi connectivity index (χ3n) is 5.90. The Labute approximate surface area is 189 Å². The van der Waals surface area contributed by atoms with Crippen LogP contribution in [0.5, 0.6) is 0 Å². The molecule has 6 nitrogen and oxygen atoms in total. The minimum Gasteiger partial charge on any atom is -0.383 e. The van der Waals surface area contributed by atoms with Crippen molar-refractivity contribution in [2.45, 2.75) is 32.5 Å². The lowest BCUT2D eigenvalue weighted by Crippen LogP contribution is -2.37. The van der Waals surface area contributed by atoms with Crippen molar-refractivity contribution in [3.8, 4) is 0 Å². The van der Waals surface area contributed by atoms with Crippen molar-refractivity contribution in [2.75, 3.05) is 25.5 Å². The number of nitrogens with zero attached hydrogens (tertiary/aromatic N) is 3. The van der Waals surface area contributed by atoms with E-state index in [4.69, 9.17) is 10.5 Å². The maximum Gasteiger partial charge on any atom is 0.417 e. The Balaban J connectivity index is 1.61. The number of carbonyl (C=O) groups excluding carboxylic acids is 1. The summed E-state index contributed by atoms with van der Waals surface area (Å²) in [7, 11) is 0. The number of carbonyl (C=O) groups is 1. The fraction of sp³-hybridized carbons (Fsp3) is 0.375. The van der Waals surface area contributed by atoms with Gasteiger partial charge in [0.05, 0.1) is 23.3 Å². The second kappa shape index (κ2) is 9.35. The van der Waals surface area contributed by atoms with Crippen molar-refractivity contribution in [3.63, 3.8) is 0 Å². The topological polar surface area (TPSA) is 81.3 Å². The lowest BCUT2D eigenvalue weighted by Gasteiger charge is -2.30. The molecule has 33 heavy (non-hydrogen) atoms. The predicted molar refractivity (Wildman–Crippen MR) is 118 cm³/mol. The highest BCUT2D eigenvalue weighted by Crippen LogP contribution is 2.29. The van der Waals surface area contributed by atoms with Crippen LogP contribution >= 0.6 is 0 Å². The van der Waals surface area contributed by atoms with Crippen LogP contribution in [0.4, 0.5) is 19.0 Å². The number of rotatable bonds is 5. The molecule has 4 rings (SSSR count). The third kappa shape index (κ3) is 5.42. The highest BCUT2D eigenvalue weighted by atomic mass is 19.4. The zero-order valence-corrected chi connectivity index (χ0v) is 18.2. The Morgan fingerprint density at radius 1 is 1.18 bits per heavy atom. The van der Waals surface area contributed by atoms with Crippen molar-refractivity contribution >= 4 is 22.6 Å². The lowest BCUT2D eigenvalue weighted by atomic mass is 9.99. The summed E-state index contributed by atoms with van der Waals surface area (Å²) in [4.78, 5) is 23.5. The largest absolute Gasteiger partial charge is 0.417 e. The quantitative estimate of drug-likeness (QED) is 0.604. The molecule has 174 valence electrons. The van der Waals surface area contributed by atoms with E-state index in [9.17, 15) is 18.0 Å². The van der Waals surface area contributed by atoms with Crippen molar-refractivity contribution in [3.05, 3.63) is 65.0 Å². The van der Waals surface area contributed by atoms with E-state index in [0.717, 1.165) is 36.1 Å². The van der Waals surface area contributed by atoms with Crippen LogP contribution in [0.2, 0.25) is 0 Å². The molecule has 1 aromatic carbocycles. The highest BCUT2D eigenvalue weighted by Gasteiger charge is 2.31. The smallest absolute Gasteiger partial charge is 0.383 e. The van der Waals surface area contributed by atoms with Crippen LogP contribution in [0.25, 0.3) is 10.9 Å². The number of nitrogen functional groups attached to an aromatic ring is 1. The number of halogens is 3. The van der Waals surface area contributed by atoms with Crippen LogP contribution in [0.15, 0.2) is 42.6 Å². The van der Waals surface area contributed by atoms with Gasteiger partial charge in [-0.05, 0) is 67.6 Å². The molecule has 3 aromatic rings. The standard InChI is InChI=1S/C24H25F3N4O2/c1-15-10-18-11-17(2-5-21(18)30-22(15)28)23(32)31(13-16-6-8-33-9-7-16)14-20-4-3-19(12-29-20)24(25,26)27/h2-5,10-12,16H,6-9,13-14H2,1H3,(H2,28,30). The van der Waals surface area contributed by atoms with Gasteiger partial charge in [-0.2, -0.15) is 13.2 Å². The van der Waals surface area contributed by atoms with Gasteiger partial charge in [0.1, 0.15) is 5.82 Å². The molecule has 0 spiro atoms. The van der Waals surface area contributed by atoms with Crippen LogP contribution in [-0.2, 0) is 17.5 Å². The van der Waals surface area contributed by atoms with Gasteiger partial charge < -0.3 is 15.4 Å². The molecule has 2 N–H and O–H groups in total. The first-order valence-corrected chi connectivity index (χ1v) is 10.8. The SMILES string of the molecule is Cc1cc2cc(C(=O)N(Cc3ccc(C(F)(F)F)cn3)CC3CCOCC3)ccc2nc1N. The van der Waals surface area contributed by atoms with E-state index in [1.54, 1.807) is 23.1 Å². The zero-order valence-electron chi connectivity index (χ0n) is 18.2. The monoisotopic (exact) mass is 458 g/mol. The normalized spacial score (nSPS) is 15.0. The molecule has 0 bridgehead atoms. The summed E-state index contributed by atoms with van der Waals surface area (Å²) in [6.45, 7) is 3.71. The Hall–Kier alpha value is -3.20. The van der Waals surface area contributed by atoms with Gasteiger partial charge in [0.25, 0.3) is 5.91 Å². The number of alkyl halides is 3. The average Bonchev–Trinajstić information content (AvgIpc) is 2.79. The van der Waals surface area contributed by atoms with Crippen LogP contribution in [0.1, 0.15) is 40.0 Å². The summed E-state index contributed by atoms with van der Waals surface area (Å²) in [5.41, 5.74) is 7.46. The third-order valence-corrected chi connectivity index (χ3v) is 5.90. The van der Waals surface area contributed by atoms with Crippen LogP contribution in [0.3, 0.4) is 0 Å². The van der Waals surface area contributed by atoms with Crippen molar-refractivity contribution in [2.24, 2.45) is 5.92 Å². The summed E-state index contributed by atoms with van der Waals surface area (Å²) in [5, 5.41) is 0.797. The van der Waals surface area contributed by atoms with E-state index >= 15 is 0 Å². The molecule has 0 aliphatic carbocycles. The van der Waals surface area contributed by atoms with E-state index in [2.05, 4.69) is 9.97 Å². The summed E-state index contributed by atoms with van der Waals surface area (Å²) in [6.07, 6.45) is -2.00. The van der Waals surface area contributed by atoms with Crippen molar-refractivity contribution < 1.29 is 22.7 Å². The molecular weight excluding hydrogens is 433 g/mol. The number of nitrogens with two attached hydrogens (primary N) is 1. The average molecular weight is 458 g/mol. The molecule has 9 heteroatoms. The van der Waals surface area contributed by atoms with E-state index in [0.29, 0.717) is 42.4 Å². The van der Waals surface area contributed by atoms with Gasteiger partial charge in [0, 0.05) is 36.9 Å². The van der Waals surface area contributed by atoms with Gasteiger partial charge in [-0.3, -0.25) is 9.78 Å². The van der Waals surface area contributed by atoms with E-state index in [1.165, 1.54) is 6.07 Å². The van der Waals surface area contributed by atoms with Gasteiger partial charge in [-0.15, -0.1) is 0 Å². The molecule has 1 aliphatic rings. The second-order valence-electron chi connectivity index (χ2n) is 8.38. The van der Waals surface area contributed by atoms with Crippen LogP contribution in [0, 0.1) is 12.8 Å². The fourth-order valence-corrected chi connectivity index (χ4v) is 3.95. The van der Waals surface area contributed by atoms with Crippen LogP contribution in [-0.4, -0.2) is 40.5 Å². The van der Waals surface area contributed by atoms with Gasteiger partial charge in [0.15, 0.2) is 0 Å². The van der Waals surface area contributed by atoms with Gasteiger partial charge in [-0.25, -0.2) is 4.98 Å². The van der Waals surface area contributed by atoms with Crippen molar-refractivity contribution in [1.29, 1.82) is 0 Å². The molecule has 1 amide bonds. The van der Waals surface area contributed by atoms with Gasteiger partial charge in [-0.1, -0.05) is 0 Å². The molecule has 0 radical (unpaired) electrons. The summed E-state index contributed by atoms with van der Waals surface area (Å²) >= 11 is 0. The minimum absolute atomic E-state index is 0.116. The number of ether oxygens (including phenoxy) is 1. The summed E-state index contributed by atoms with van der Waals surface area (Å²) in [6, 6.07) is 9.42. The molecule has 1 aliphatic heterocycles. The number of benzene rings is 1. The molecule has 0 unspecified atom stereocenters. The first-order valence-electron chi connectivity index (χ1n) is 10.8. The summed E-state index contributed by atoms with van der Waals surface area (Å²) < 4.78 is 44.1. The molecule has 1 saturated heterocycles. The lowest BCUT2D eigenvalue weighted by molar-refractivity contribution is -0.137. The van der Waals surface area contributed by atoms with Gasteiger partial charge >= 0.3 is 6.18 Å². The van der Waals surface area contributed by atoms with Crippen molar-refractivity contribution in [1.82, 2.24) is 14.9 Å². The Kier molecular flexibility index (Phi) is 6.51. The highest BCUT2D eigenvalue weighted by molar-refractivity contribution is 5.98. The zero-order chi connectivity index (χ0) is 23.6. The first-order chi connectivity index (χ1) is 15.7. The Bertz CT molecular complexity index is 1140. The molecule has 0 atom stereocenters.